The first-order valence-corrected chi connectivity index (χ1v) is 7.55. The number of nitrogens with one attached hydrogen (secondary N) is 1. The molecule has 6 nitrogen and oxygen atoms in total. The van der Waals surface area contributed by atoms with Gasteiger partial charge in [0.25, 0.3) is 5.91 Å². The number of carbonyl (C=O) groups excluding carboxylic acids is 1. The summed E-state index contributed by atoms with van der Waals surface area (Å²) in [6.45, 7) is 0. The maximum atomic E-state index is 12.2. The molecule has 0 unspecified atom stereocenters. The number of carboxylic acid groups (broad SMARTS) is 1. The highest BCUT2D eigenvalue weighted by Crippen LogP contribution is 2.38. The molecule has 0 saturated carbocycles. The third-order valence-electron chi connectivity index (χ3n) is 3.66. The Morgan fingerprint density at radius 3 is 2.81 bits per heavy atom. The summed E-state index contributed by atoms with van der Waals surface area (Å²) < 4.78 is 1.60. The summed E-state index contributed by atoms with van der Waals surface area (Å²) in [5, 5.41) is 12.6. The van der Waals surface area contributed by atoms with Crippen molar-refractivity contribution in [3.05, 3.63) is 34.2 Å². The number of rotatable bonds is 3. The van der Waals surface area contributed by atoms with Crippen LogP contribution in [0, 0.1) is 0 Å². The van der Waals surface area contributed by atoms with E-state index in [4.69, 9.17) is 0 Å². The first-order valence-electron chi connectivity index (χ1n) is 6.73. The molecule has 0 saturated heterocycles. The molecule has 0 atom stereocenters. The summed E-state index contributed by atoms with van der Waals surface area (Å²) in [7, 11) is 1.72. The van der Waals surface area contributed by atoms with Crippen molar-refractivity contribution in [2.75, 3.05) is 5.32 Å². The second kappa shape index (κ2) is 5.33. The molecule has 0 aromatic carbocycles. The predicted molar refractivity (Wildman–Crippen MR) is 79.1 cm³/mol. The smallest absolute Gasteiger partial charge is 0.339 e. The summed E-state index contributed by atoms with van der Waals surface area (Å²) in [6.07, 6.45) is 6.73. The summed E-state index contributed by atoms with van der Waals surface area (Å²) in [5.41, 5.74) is 1.54. The van der Waals surface area contributed by atoms with Crippen LogP contribution in [0.25, 0.3) is 0 Å². The summed E-state index contributed by atoms with van der Waals surface area (Å²) in [6, 6.07) is 0. The standard InChI is InChI=1S/C14H15N3O3S/c1-17-7-15-6-9(17)12(18)16-13-11(14(19)20)8-4-2-3-5-10(8)21-13/h6-7H,2-5H2,1H3,(H,16,18)(H,19,20). The highest BCUT2D eigenvalue weighted by Gasteiger charge is 2.26. The van der Waals surface area contributed by atoms with E-state index >= 15 is 0 Å². The summed E-state index contributed by atoms with van der Waals surface area (Å²) in [5.74, 6) is -1.31. The maximum absolute atomic E-state index is 12.2. The van der Waals surface area contributed by atoms with Crippen LogP contribution < -0.4 is 5.32 Å². The molecule has 0 spiro atoms. The molecule has 0 fully saturated rings. The molecule has 2 aromatic heterocycles. The van der Waals surface area contributed by atoms with Crippen LogP contribution in [0.4, 0.5) is 5.00 Å². The first kappa shape index (κ1) is 13.8. The van der Waals surface area contributed by atoms with Crippen LogP contribution in [0.15, 0.2) is 12.5 Å². The number of anilines is 1. The molecule has 1 amide bonds. The molecule has 1 aliphatic rings. The van der Waals surface area contributed by atoms with Gasteiger partial charge in [-0.3, -0.25) is 4.79 Å². The van der Waals surface area contributed by atoms with Crippen LogP contribution in [0.5, 0.6) is 0 Å². The normalized spacial score (nSPS) is 13.8. The zero-order valence-electron chi connectivity index (χ0n) is 11.5. The first-order chi connectivity index (χ1) is 10.1. The second-order valence-corrected chi connectivity index (χ2v) is 6.17. The minimum Gasteiger partial charge on any atom is -0.478 e. The molecular formula is C14H15N3O3S. The Morgan fingerprint density at radius 1 is 1.38 bits per heavy atom. The Bertz CT molecular complexity index is 717. The van der Waals surface area contributed by atoms with Gasteiger partial charge in [0.05, 0.1) is 18.1 Å². The van der Waals surface area contributed by atoms with Gasteiger partial charge in [-0.25, -0.2) is 9.78 Å². The van der Waals surface area contributed by atoms with Gasteiger partial charge in [-0.15, -0.1) is 11.3 Å². The van der Waals surface area contributed by atoms with Gasteiger partial charge in [0.15, 0.2) is 0 Å². The lowest BCUT2D eigenvalue weighted by molar-refractivity contribution is 0.0697. The Hall–Kier alpha value is -2.15. The van der Waals surface area contributed by atoms with Crippen molar-refractivity contribution in [2.45, 2.75) is 25.7 Å². The maximum Gasteiger partial charge on any atom is 0.339 e. The average molecular weight is 305 g/mol. The third kappa shape index (κ3) is 2.44. The van der Waals surface area contributed by atoms with E-state index in [1.807, 2.05) is 0 Å². The van der Waals surface area contributed by atoms with Crippen LogP contribution in [0.3, 0.4) is 0 Å². The van der Waals surface area contributed by atoms with Crippen molar-refractivity contribution in [3.63, 3.8) is 0 Å². The Kier molecular flexibility index (Phi) is 3.50. The molecular weight excluding hydrogens is 290 g/mol. The highest BCUT2D eigenvalue weighted by atomic mass is 32.1. The van der Waals surface area contributed by atoms with Gasteiger partial charge in [0.1, 0.15) is 10.7 Å². The molecule has 3 rings (SSSR count). The molecule has 21 heavy (non-hydrogen) atoms. The van der Waals surface area contributed by atoms with Gasteiger partial charge < -0.3 is 15.0 Å². The van der Waals surface area contributed by atoms with Crippen molar-refractivity contribution in [3.8, 4) is 0 Å². The quantitative estimate of drug-likeness (QED) is 0.911. The molecule has 1 aliphatic carbocycles. The fourth-order valence-corrected chi connectivity index (χ4v) is 3.90. The van der Waals surface area contributed by atoms with E-state index in [-0.39, 0.29) is 11.5 Å². The molecule has 0 aliphatic heterocycles. The molecule has 7 heteroatoms. The number of fused-ring (bicyclic) bond motifs is 1. The largest absolute Gasteiger partial charge is 0.478 e. The lowest BCUT2D eigenvalue weighted by atomic mass is 9.95. The zero-order chi connectivity index (χ0) is 15.0. The molecule has 2 N–H and O–H groups in total. The van der Waals surface area contributed by atoms with Crippen LogP contribution in [0.1, 0.15) is 44.1 Å². The fourth-order valence-electron chi connectivity index (χ4n) is 2.62. The highest BCUT2D eigenvalue weighted by molar-refractivity contribution is 7.17. The SMILES string of the molecule is Cn1cncc1C(=O)Nc1sc2c(c1C(=O)O)CCCC2. The monoisotopic (exact) mass is 305 g/mol. The van der Waals surface area contributed by atoms with Crippen molar-refractivity contribution in [1.29, 1.82) is 0 Å². The van der Waals surface area contributed by atoms with Crippen LogP contribution in [-0.2, 0) is 19.9 Å². The molecule has 2 aromatic rings. The van der Waals surface area contributed by atoms with E-state index in [0.29, 0.717) is 10.7 Å². The predicted octanol–water partition coefficient (Wildman–Crippen LogP) is 2.31. The molecule has 110 valence electrons. The number of carbonyl (C=O) groups is 2. The average Bonchev–Trinajstić information content (AvgIpc) is 3.01. The Morgan fingerprint density at radius 2 is 2.14 bits per heavy atom. The number of carboxylic acids is 1. The lowest BCUT2D eigenvalue weighted by Crippen LogP contribution is -2.16. The van der Waals surface area contributed by atoms with Crippen molar-refractivity contribution in [2.24, 2.45) is 7.05 Å². The number of hydrogen-bond acceptors (Lipinski definition) is 4. The van der Waals surface area contributed by atoms with Gasteiger partial charge in [-0.2, -0.15) is 0 Å². The minimum absolute atomic E-state index is 0.255. The lowest BCUT2D eigenvalue weighted by Gasteiger charge is -2.10. The number of imidazole rings is 1. The third-order valence-corrected chi connectivity index (χ3v) is 4.87. The van der Waals surface area contributed by atoms with Gasteiger partial charge >= 0.3 is 5.97 Å². The van der Waals surface area contributed by atoms with Crippen LogP contribution >= 0.6 is 11.3 Å². The van der Waals surface area contributed by atoms with Gasteiger partial charge in [-0.1, -0.05) is 0 Å². The number of thiophene rings is 1. The molecule has 2 heterocycles. The summed E-state index contributed by atoms with van der Waals surface area (Å²) >= 11 is 1.38. The molecule has 0 radical (unpaired) electrons. The second-order valence-electron chi connectivity index (χ2n) is 5.06. The number of aryl methyl sites for hydroxylation is 2. The number of aromatic nitrogens is 2. The van der Waals surface area contributed by atoms with E-state index < -0.39 is 5.97 Å². The van der Waals surface area contributed by atoms with Gasteiger partial charge in [-0.05, 0) is 31.2 Å². The van der Waals surface area contributed by atoms with E-state index in [9.17, 15) is 14.7 Å². The number of nitrogens with zero attached hydrogens (tertiary/aromatic N) is 2. The zero-order valence-corrected chi connectivity index (χ0v) is 12.4. The van der Waals surface area contributed by atoms with Gasteiger partial charge in [0.2, 0.25) is 0 Å². The Balaban J connectivity index is 1.95. The van der Waals surface area contributed by atoms with E-state index in [1.54, 1.807) is 11.6 Å². The van der Waals surface area contributed by atoms with E-state index in [1.165, 1.54) is 23.9 Å². The topological polar surface area (TPSA) is 84.2 Å². The minimum atomic E-state index is -0.977. The molecule has 0 bridgehead atoms. The van der Waals surface area contributed by atoms with Crippen LogP contribution in [0.2, 0.25) is 0 Å². The van der Waals surface area contributed by atoms with Gasteiger partial charge in [0, 0.05) is 11.9 Å². The number of aromatic carboxylic acids is 1. The van der Waals surface area contributed by atoms with Crippen LogP contribution in [-0.4, -0.2) is 26.5 Å². The van der Waals surface area contributed by atoms with Crippen molar-refractivity contribution >= 4 is 28.2 Å². The Labute approximate surface area is 125 Å². The van der Waals surface area contributed by atoms with E-state index in [0.717, 1.165) is 36.1 Å². The van der Waals surface area contributed by atoms with Crippen molar-refractivity contribution in [1.82, 2.24) is 9.55 Å². The summed E-state index contributed by atoms with van der Waals surface area (Å²) in [4.78, 5) is 28.7. The number of hydrogen-bond donors (Lipinski definition) is 2. The number of amides is 1. The van der Waals surface area contributed by atoms with Crippen molar-refractivity contribution < 1.29 is 14.7 Å². The fraction of sp³-hybridized carbons (Fsp3) is 0.357. The van der Waals surface area contributed by atoms with E-state index in [2.05, 4.69) is 10.3 Å².